The molecule has 0 unspecified atom stereocenters. The van der Waals surface area contributed by atoms with Crippen molar-refractivity contribution in [3.8, 4) is 0 Å². The average Bonchev–Trinajstić information content (AvgIpc) is 3.05. The third kappa shape index (κ3) is 3.45. The van der Waals surface area contributed by atoms with Gasteiger partial charge in [0.1, 0.15) is 0 Å². The molecule has 0 saturated carbocycles. The number of aliphatic carboxylic acids is 1. The molecule has 3 heterocycles. The first kappa shape index (κ1) is 17.3. The van der Waals surface area contributed by atoms with E-state index in [0.717, 1.165) is 44.0 Å². The fourth-order valence-corrected chi connectivity index (χ4v) is 4.15. The third-order valence-corrected chi connectivity index (χ3v) is 5.42. The number of aryl methyl sites for hydroxylation is 1. The first-order valence-electron chi connectivity index (χ1n) is 8.63. The number of aromatic nitrogens is 1. The Hall–Kier alpha value is -1.50. The van der Waals surface area contributed by atoms with Crippen molar-refractivity contribution in [1.29, 1.82) is 0 Å². The second-order valence-electron chi connectivity index (χ2n) is 7.14. The zero-order valence-corrected chi connectivity index (χ0v) is 14.6. The van der Waals surface area contributed by atoms with Crippen molar-refractivity contribution in [2.45, 2.75) is 13.3 Å². The number of likely N-dealkylation sites (tertiary alicyclic amines) is 2. The summed E-state index contributed by atoms with van der Waals surface area (Å²) in [7, 11) is 1.69. The van der Waals surface area contributed by atoms with Crippen LogP contribution in [0.4, 0.5) is 0 Å². The topological polar surface area (TPSA) is 65.9 Å². The van der Waals surface area contributed by atoms with Crippen LogP contribution in [0.25, 0.3) is 0 Å². The van der Waals surface area contributed by atoms with Crippen molar-refractivity contribution in [2.75, 3.05) is 53.0 Å². The Morgan fingerprint density at radius 1 is 1.33 bits per heavy atom. The van der Waals surface area contributed by atoms with Crippen molar-refractivity contribution >= 4 is 5.97 Å². The number of hydrogen-bond acceptors (Lipinski definition) is 5. The molecule has 0 radical (unpaired) electrons. The molecule has 3 rings (SSSR count). The lowest BCUT2D eigenvalue weighted by atomic mass is 9.81. The minimum atomic E-state index is -0.649. The number of hydrogen-bond donors (Lipinski definition) is 1. The van der Waals surface area contributed by atoms with E-state index in [1.807, 2.05) is 25.1 Å². The predicted molar refractivity (Wildman–Crippen MR) is 91.0 cm³/mol. The predicted octanol–water partition coefficient (Wildman–Crippen LogP) is 0.897. The van der Waals surface area contributed by atoms with Gasteiger partial charge in [0.2, 0.25) is 0 Å². The van der Waals surface area contributed by atoms with Crippen LogP contribution in [0.15, 0.2) is 18.2 Å². The van der Waals surface area contributed by atoms with E-state index < -0.39 is 11.4 Å². The number of carbonyl (C=O) groups is 1. The van der Waals surface area contributed by atoms with Gasteiger partial charge >= 0.3 is 5.97 Å². The van der Waals surface area contributed by atoms with Crippen LogP contribution in [0.1, 0.15) is 11.4 Å². The van der Waals surface area contributed by atoms with Gasteiger partial charge in [0, 0.05) is 70.1 Å². The summed E-state index contributed by atoms with van der Waals surface area (Å²) < 4.78 is 5.13. The molecular weight excluding hydrogens is 306 g/mol. The molecule has 0 bridgehead atoms. The highest BCUT2D eigenvalue weighted by Crippen LogP contribution is 2.42. The Morgan fingerprint density at radius 3 is 2.62 bits per heavy atom. The number of carboxylic acids is 1. The molecule has 2 aliphatic rings. The SMILES string of the molecule is COCCN1C[C@@H]2CN(CCc3cccc(C)n3)C[C@]2(C(=O)O)C1. The molecule has 0 aromatic carbocycles. The number of methoxy groups -OCH3 is 1. The molecule has 0 aliphatic carbocycles. The summed E-state index contributed by atoms with van der Waals surface area (Å²) >= 11 is 0. The van der Waals surface area contributed by atoms with Crippen LogP contribution in [0, 0.1) is 18.3 Å². The highest BCUT2D eigenvalue weighted by Gasteiger charge is 2.57. The molecule has 0 spiro atoms. The van der Waals surface area contributed by atoms with Crippen molar-refractivity contribution < 1.29 is 14.6 Å². The van der Waals surface area contributed by atoms with Gasteiger partial charge < -0.3 is 14.7 Å². The minimum absolute atomic E-state index is 0.206. The van der Waals surface area contributed by atoms with E-state index in [4.69, 9.17) is 4.74 Å². The second-order valence-corrected chi connectivity index (χ2v) is 7.14. The Balaban J connectivity index is 1.60. The monoisotopic (exact) mass is 333 g/mol. The maximum atomic E-state index is 12.0. The lowest BCUT2D eigenvalue weighted by Gasteiger charge is -2.25. The molecule has 6 nitrogen and oxygen atoms in total. The third-order valence-electron chi connectivity index (χ3n) is 5.42. The van der Waals surface area contributed by atoms with Crippen molar-refractivity contribution in [2.24, 2.45) is 11.3 Å². The van der Waals surface area contributed by atoms with E-state index in [1.54, 1.807) is 7.11 Å². The molecular formula is C18H27N3O3. The molecule has 2 fully saturated rings. The van der Waals surface area contributed by atoms with E-state index in [9.17, 15) is 9.90 Å². The Labute approximate surface area is 143 Å². The van der Waals surface area contributed by atoms with Gasteiger partial charge in [0.15, 0.2) is 0 Å². The molecule has 0 amide bonds. The van der Waals surface area contributed by atoms with E-state index in [2.05, 4.69) is 14.8 Å². The number of pyridine rings is 1. The Bertz CT molecular complexity index is 595. The zero-order valence-electron chi connectivity index (χ0n) is 14.6. The van der Waals surface area contributed by atoms with E-state index in [-0.39, 0.29) is 5.92 Å². The van der Waals surface area contributed by atoms with E-state index in [0.29, 0.717) is 19.7 Å². The molecule has 6 heteroatoms. The second kappa shape index (κ2) is 7.17. The van der Waals surface area contributed by atoms with Gasteiger partial charge in [-0.2, -0.15) is 0 Å². The van der Waals surface area contributed by atoms with Crippen LogP contribution in [0.3, 0.4) is 0 Å². The summed E-state index contributed by atoms with van der Waals surface area (Å²) in [5.41, 5.74) is 1.49. The van der Waals surface area contributed by atoms with Crippen LogP contribution in [-0.4, -0.2) is 78.8 Å². The van der Waals surface area contributed by atoms with Crippen LogP contribution >= 0.6 is 0 Å². The molecule has 2 aliphatic heterocycles. The first-order valence-corrected chi connectivity index (χ1v) is 8.63. The first-order chi connectivity index (χ1) is 11.5. The van der Waals surface area contributed by atoms with Crippen LogP contribution in [-0.2, 0) is 16.0 Å². The van der Waals surface area contributed by atoms with Gasteiger partial charge in [-0.05, 0) is 19.1 Å². The number of fused-ring (bicyclic) bond motifs is 1. The Kier molecular flexibility index (Phi) is 5.18. The molecule has 2 atom stereocenters. The van der Waals surface area contributed by atoms with Gasteiger partial charge in [0.05, 0.1) is 12.0 Å². The van der Waals surface area contributed by atoms with Crippen LogP contribution < -0.4 is 0 Å². The van der Waals surface area contributed by atoms with Crippen molar-refractivity contribution in [3.05, 3.63) is 29.6 Å². The highest BCUT2D eigenvalue weighted by molar-refractivity contribution is 5.77. The average molecular weight is 333 g/mol. The normalized spacial score (nSPS) is 27.5. The maximum Gasteiger partial charge on any atom is 0.312 e. The summed E-state index contributed by atoms with van der Waals surface area (Å²) in [6, 6.07) is 6.07. The largest absolute Gasteiger partial charge is 0.481 e. The van der Waals surface area contributed by atoms with Gasteiger partial charge in [0.25, 0.3) is 0 Å². The smallest absolute Gasteiger partial charge is 0.312 e. The fourth-order valence-electron chi connectivity index (χ4n) is 4.15. The zero-order chi connectivity index (χ0) is 17.2. The molecule has 132 valence electrons. The molecule has 2 saturated heterocycles. The van der Waals surface area contributed by atoms with Gasteiger partial charge in [-0.25, -0.2) is 0 Å². The van der Waals surface area contributed by atoms with Crippen molar-refractivity contribution in [3.63, 3.8) is 0 Å². The number of nitrogens with zero attached hydrogens (tertiary/aromatic N) is 3. The number of carboxylic acid groups (broad SMARTS) is 1. The van der Waals surface area contributed by atoms with E-state index in [1.165, 1.54) is 0 Å². The molecule has 24 heavy (non-hydrogen) atoms. The highest BCUT2D eigenvalue weighted by atomic mass is 16.5. The number of ether oxygens (including phenoxy) is 1. The van der Waals surface area contributed by atoms with Gasteiger partial charge in [-0.3, -0.25) is 14.7 Å². The van der Waals surface area contributed by atoms with Crippen LogP contribution in [0.5, 0.6) is 0 Å². The molecule has 1 N–H and O–H groups in total. The van der Waals surface area contributed by atoms with Gasteiger partial charge in [-0.1, -0.05) is 6.07 Å². The summed E-state index contributed by atoms with van der Waals surface area (Å²) in [4.78, 5) is 21.1. The van der Waals surface area contributed by atoms with Crippen LogP contribution in [0.2, 0.25) is 0 Å². The summed E-state index contributed by atoms with van der Waals surface area (Å²) in [5.74, 6) is -0.444. The number of rotatable bonds is 7. The van der Waals surface area contributed by atoms with Gasteiger partial charge in [-0.15, -0.1) is 0 Å². The summed E-state index contributed by atoms with van der Waals surface area (Å²) in [6.07, 6.45) is 0.873. The fraction of sp³-hybridized carbons (Fsp3) is 0.667. The Morgan fingerprint density at radius 2 is 2.04 bits per heavy atom. The summed E-state index contributed by atoms with van der Waals surface area (Å²) in [6.45, 7) is 7.34. The van der Waals surface area contributed by atoms with E-state index >= 15 is 0 Å². The maximum absolute atomic E-state index is 12.0. The molecule has 1 aromatic rings. The standard InChI is InChI=1S/C18H27N3O3/c1-14-4-3-5-16(19-14)6-7-20-10-15-11-21(8-9-24-2)13-18(15,12-20)17(22)23/h3-5,15H,6-13H2,1-2H3,(H,22,23)/t15-,18-/m0/s1. The molecule has 1 aromatic heterocycles. The minimum Gasteiger partial charge on any atom is -0.481 e. The quantitative estimate of drug-likeness (QED) is 0.800. The lowest BCUT2D eigenvalue weighted by Crippen LogP contribution is -2.41. The van der Waals surface area contributed by atoms with Crippen molar-refractivity contribution in [1.82, 2.24) is 14.8 Å². The lowest BCUT2D eigenvalue weighted by molar-refractivity contribution is -0.148. The summed E-state index contributed by atoms with van der Waals surface area (Å²) in [5, 5.41) is 9.86.